The quantitative estimate of drug-likeness (QED) is 0.647. The van der Waals surface area contributed by atoms with E-state index in [1.807, 2.05) is 6.92 Å². The summed E-state index contributed by atoms with van der Waals surface area (Å²) in [5, 5.41) is 23.9. The van der Waals surface area contributed by atoms with Crippen LogP contribution in [0, 0.1) is 23.7 Å². The number of hydrogen-bond donors (Lipinski definition) is 3. The molecule has 0 aromatic heterocycles. The van der Waals surface area contributed by atoms with Gasteiger partial charge in [-0.2, -0.15) is 0 Å². The second-order valence-electron chi connectivity index (χ2n) is 5.99. The molecule has 2 rings (SSSR count). The molecule has 2 fully saturated rings. The summed E-state index contributed by atoms with van der Waals surface area (Å²) in [6.07, 6.45) is 3.75. The molecule has 0 radical (unpaired) electrons. The predicted octanol–water partition coefficient (Wildman–Crippen LogP) is 0.841. The maximum atomic E-state index is 11.1. The van der Waals surface area contributed by atoms with Crippen molar-refractivity contribution in [2.75, 3.05) is 20.1 Å². The van der Waals surface area contributed by atoms with Gasteiger partial charge in [-0.05, 0) is 37.6 Å². The van der Waals surface area contributed by atoms with Crippen molar-refractivity contribution >= 4 is 17.9 Å². The lowest BCUT2D eigenvalue weighted by Gasteiger charge is -2.48. The number of likely N-dealkylation sites (tertiary alicyclic amines) is 1. The molecule has 1 saturated heterocycles. The molecule has 7 nitrogen and oxygen atoms in total. The van der Waals surface area contributed by atoms with Gasteiger partial charge in [-0.3, -0.25) is 4.79 Å². The standard InChI is InChI=1S/C12H21NO2.C2H2O4/c1-8(12(14)15)11-9-4-3-5-10(11)7-13(2)6-9;3-1(4)2(5)6/h8-11H,3-7H2,1-2H3,(H,14,15);(H,3,4)(H,5,6). The summed E-state index contributed by atoms with van der Waals surface area (Å²) < 4.78 is 0. The van der Waals surface area contributed by atoms with Crippen LogP contribution in [0.25, 0.3) is 0 Å². The van der Waals surface area contributed by atoms with Crippen molar-refractivity contribution in [2.24, 2.45) is 23.7 Å². The lowest BCUT2D eigenvalue weighted by molar-refractivity contribution is -0.159. The van der Waals surface area contributed by atoms with Crippen LogP contribution in [0.1, 0.15) is 26.2 Å². The maximum Gasteiger partial charge on any atom is 0.414 e. The van der Waals surface area contributed by atoms with Crippen molar-refractivity contribution in [3.63, 3.8) is 0 Å². The Hall–Kier alpha value is -1.63. The Morgan fingerprint density at radius 2 is 1.43 bits per heavy atom. The van der Waals surface area contributed by atoms with Crippen molar-refractivity contribution in [1.29, 1.82) is 0 Å². The monoisotopic (exact) mass is 301 g/mol. The Labute approximate surface area is 123 Å². The van der Waals surface area contributed by atoms with Gasteiger partial charge >= 0.3 is 17.9 Å². The second-order valence-corrected chi connectivity index (χ2v) is 5.99. The smallest absolute Gasteiger partial charge is 0.414 e. The highest BCUT2D eigenvalue weighted by Gasteiger charge is 2.43. The molecule has 0 aromatic rings. The zero-order chi connectivity index (χ0) is 16.2. The van der Waals surface area contributed by atoms with Crippen LogP contribution in [0.4, 0.5) is 0 Å². The lowest BCUT2D eigenvalue weighted by atomic mass is 9.64. The molecular formula is C14H23NO6. The van der Waals surface area contributed by atoms with E-state index in [2.05, 4.69) is 11.9 Å². The fourth-order valence-electron chi connectivity index (χ4n) is 3.69. The van der Waals surface area contributed by atoms with Gasteiger partial charge in [0.2, 0.25) is 0 Å². The minimum Gasteiger partial charge on any atom is -0.481 e. The molecular weight excluding hydrogens is 278 g/mol. The van der Waals surface area contributed by atoms with E-state index in [9.17, 15) is 4.79 Å². The van der Waals surface area contributed by atoms with Crippen LogP contribution in [-0.2, 0) is 14.4 Å². The Morgan fingerprint density at radius 3 is 1.76 bits per heavy atom. The largest absolute Gasteiger partial charge is 0.481 e. The number of fused-ring (bicyclic) bond motifs is 2. The SMILES string of the molecule is CC(C(=O)O)C1C2CCCC1CN(C)C2.O=C(O)C(=O)O. The van der Waals surface area contributed by atoms with Gasteiger partial charge < -0.3 is 20.2 Å². The molecule has 2 bridgehead atoms. The first-order valence-electron chi connectivity index (χ1n) is 7.11. The predicted molar refractivity (Wildman–Crippen MR) is 73.9 cm³/mol. The van der Waals surface area contributed by atoms with Crippen molar-refractivity contribution in [2.45, 2.75) is 26.2 Å². The van der Waals surface area contributed by atoms with Crippen LogP contribution >= 0.6 is 0 Å². The fraction of sp³-hybridized carbons (Fsp3) is 0.786. The number of piperidine rings is 1. The van der Waals surface area contributed by atoms with Gasteiger partial charge in [0.25, 0.3) is 0 Å². The minimum absolute atomic E-state index is 0.158. The number of hydrogen-bond acceptors (Lipinski definition) is 4. The third kappa shape index (κ3) is 4.70. The molecule has 3 unspecified atom stereocenters. The van der Waals surface area contributed by atoms with E-state index in [4.69, 9.17) is 24.9 Å². The van der Waals surface area contributed by atoms with E-state index in [0.29, 0.717) is 17.8 Å². The summed E-state index contributed by atoms with van der Waals surface area (Å²) in [6.45, 7) is 4.08. The highest BCUT2D eigenvalue weighted by atomic mass is 16.4. The first-order valence-corrected chi connectivity index (χ1v) is 7.11. The van der Waals surface area contributed by atoms with Gasteiger partial charge in [0.15, 0.2) is 0 Å². The van der Waals surface area contributed by atoms with Gasteiger partial charge in [0.1, 0.15) is 0 Å². The molecule has 7 heteroatoms. The molecule has 120 valence electrons. The molecule has 3 N–H and O–H groups in total. The zero-order valence-corrected chi connectivity index (χ0v) is 12.4. The molecule has 1 saturated carbocycles. The summed E-state index contributed by atoms with van der Waals surface area (Å²) in [7, 11) is 2.16. The average Bonchev–Trinajstić information content (AvgIpc) is 2.37. The van der Waals surface area contributed by atoms with Gasteiger partial charge in [-0.25, -0.2) is 9.59 Å². The van der Waals surface area contributed by atoms with E-state index in [0.717, 1.165) is 13.1 Å². The van der Waals surface area contributed by atoms with E-state index < -0.39 is 17.9 Å². The van der Waals surface area contributed by atoms with E-state index >= 15 is 0 Å². The van der Waals surface area contributed by atoms with Gasteiger partial charge in [0.05, 0.1) is 5.92 Å². The molecule has 21 heavy (non-hydrogen) atoms. The Morgan fingerprint density at radius 1 is 1.00 bits per heavy atom. The molecule has 1 aliphatic heterocycles. The third-order valence-electron chi connectivity index (χ3n) is 4.48. The Balaban J connectivity index is 0.000000315. The van der Waals surface area contributed by atoms with Gasteiger partial charge in [-0.1, -0.05) is 13.3 Å². The Bertz CT molecular complexity index is 384. The zero-order valence-electron chi connectivity index (χ0n) is 12.4. The molecule has 0 aromatic carbocycles. The van der Waals surface area contributed by atoms with E-state index in [1.54, 1.807) is 0 Å². The molecule has 3 atom stereocenters. The van der Waals surface area contributed by atoms with E-state index in [-0.39, 0.29) is 5.92 Å². The lowest BCUT2D eigenvalue weighted by Crippen LogP contribution is -2.50. The third-order valence-corrected chi connectivity index (χ3v) is 4.48. The van der Waals surface area contributed by atoms with Crippen LogP contribution in [0.3, 0.4) is 0 Å². The first kappa shape index (κ1) is 17.4. The molecule has 0 amide bonds. The first-order chi connectivity index (χ1) is 9.73. The summed E-state index contributed by atoms with van der Waals surface area (Å²) in [5.74, 6) is -2.75. The van der Waals surface area contributed by atoms with Crippen LogP contribution in [0.5, 0.6) is 0 Å². The molecule has 1 heterocycles. The van der Waals surface area contributed by atoms with E-state index in [1.165, 1.54) is 19.3 Å². The topological polar surface area (TPSA) is 115 Å². The van der Waals surface area contributed by atoms with Crippen molar-refractivity contribution < 1.29 is 29.7 Å². The molecule has 0 spiro atoms. The summed E-state index contributed by atoms with van der Waals surface area (Å²) in [5.41, 5.74) is 0. The number of aliphatic carboxylic acids is 3. The summed E-state index contributed by atoms with van der Waals surface area (Å²) >= 11 is 0. The van der Waals surface area contributed by atoms with Crippen LogP contribution in [0.15, 0.2) is 0 Å². The Kier molecular flexibility index (Phi) is 6.14. The van der Waals surface area contributed by atoms with Crippen molar-refractivity contribution in [3.8, 4) is 0 Å². The number of rotatable bonds is 2. The number of carbonyl (C=O) groups is 3. The highest BCUT2D eigenvalue weighted by molar-refractivity contribution is 6.27. The van der Waals surface area contributed by atoms with Gasteiger partial charge in [-0.15, -0.1) is 0 Å². The van der Waals surface area contributed by atoms with Gasteiger partial charge in [0, 0.05) is 13.1 Å². The average molecular weight is 301 g/mol. The highest BCUT2D eigenvalue weighted by Crippen LogP contribution is 2.43. The number of carboxylic acids is 3. The van der Waals surface area contributed by atoms with Crippen LogP contribution in [-0.4, -0.2) is 58.3 Å². The van der Waals surface area contributed by atoms with Crippen LogP contribution < -0.4 is 0 Å². The molecule has 1 aliphatic carbocycles. The number of carboxylic acid groups (broad SMARTS) is 3. The van der Waals surface area contributed by atoms with Crippen molar-refractivity contribution in [3.05, 3.63) is 0 Å². The maximum absolute atomic E-state index is 11.1. The fourth-order valence-corrected chi connectivity index (χ4v) is 3.69. The summed E-state index contributed by atoms with van der Waals surface area (Å²) in [4.78, 5) is 31.7. The molecule has 2 aliphatic rings. The summed E-state index contributed by atoms with van der Waals surface area (Å²) in [6, 6.07) is 0. The second kappa shape index (κ2) is 7.40. The minimum atomic E-state index is -1.82. The van der Waals surface area contributed by atoms with Crippen molar-refractivity contribution in [1.82, 2.24) is 4.90 Å². The van der Waals surface area contributed by atoms with Crippen LogP contribution in [0.2, 0.25) is 0 Å². The normalized spacial score (nSPS) is 29.7. The number of nitrogens with zero attached hydrogens (tertiary/aromatic N) is 1.